The van der Waals surface area contributed by atoms with Crippen LogP contribution in [0.4, 0.5) is 0 Å². The Bertz CT molecular complexity index is 491. The lowest BCUT2D eigenvalue weighted by Gasteiger charge is -2.57. The summed E-state index contributed by atoms with van der Waals surface area (Å²) < 4.78 is 0. The number of amides is 1. The summed E-state index contributed by atoms with van der Waals surface area (Å²) in [7, 11) is 0. The van der Waals surface area contributed by atoms with Gasteiger partial charge in [0, 0.05) is 5.54 Å². The second-order valence-electron chi connectivity index (χ2n) is 9.76. The predicted octanol–water partition coefficient (Wildman–Crippen LogP) is 4.31. The van der Waals surface area contributed by atoms with Crippen molar-refractivity contribution in [3.05, 3.63) is 11.6 Å². The third kappa shape index (κ3) is 2.25. The van der Waals surface area contributed by atoms with Gasteiger partial charge in [0.25, 0.3) is 0 Å². The average molecular weight is 301 g/mol. The highest BCUT2D eigenvalue weighted by molar-refractivity contribution is 5.84. The summed E-state index contributed by atoms with van der Waals surface area (Å²) in [4.78, 5) is 13.0. The van der Waals surface area contributed by atoms with Gasteiger partial charge in [0.15, 0.2) is 0 Å². The first-order valence-electron chi connectivity index (χ1n) is 9.26. The van der Waals surface area contributed by atoms with E-state index in [1.807, 2.05) is 0 Å². The molecule has 2 atom stereocenters. The van der Waals surface area contributed by atoms with Crippen molar-refractivity contribution in [2.45, 2.75) is 71.8 Å². The Morgan fingerprint density at radius 1 is 1.00 bits per heavy atom. The van der Waals surface area contributed by atoms with Crippen LogP contribution in [0.15, 0.2) is 11.6 Å². The fraction of sp³-hybridized carbons (Fsp3) is 0.850. The quantitative estimate of drug-likeness (QED) is 0.773. The Kier molecular flexibility index (Phi) is 3.10. The molecule has 5 aliphatic rings. The molecule has 2 nitrogen and oxygen atoms in total. The van der Waals surface area contributed by atoms with Crippen molar-refractivity contribution in [1.29, 1.82) is 0 Å². The van der Waals surface area contributed by atoms with Gasteiger partial charge < -0.3 is 5.32 Å². The van der Waals surface area contributed by atoms with Crippen LogP contribution in [-0.2, 0) is 4.79 Å². The molecule has 0 aliphatic heterocycles. The van der Waals surface area contributed by atoms with Crippen molar-refractivity contribution < 1.29 is 4.79 Å². The highest BCUT2D eigenvalue weighted by atomic mass is 16.2. The molecule has 2 unspecified atom stereocenters. The molecule has 2 heteroatoms. The molecule has 0 aromatic carbocycles. The minimum atomic E-state index is 0.143. The number of carbonyl (C=O) groups is 1. The Labute approximate surface area is 135 Å². The van der Waals surface area contributed by atoms with Crippen molar-refractivity contribution in [3.63, 3.8) is 0 Å². The molecule has 0 saturated heterocycles. The Balaban J connectivity index is 1.48. The normalized spacial score (nSPS) is 47.2. The molecule has 0 radical (unpaired) electrons. The molecule has 5 aliphatic carbocycles. The number of carbonyl (C=O) groups excluding carboxylic acids is 1. The SMILES string of the molecule is CC(C)=CC1C(C(=O)NC23CC4CC(CC(C4)C2)C3)C1(C)C. The molecule has 0 heterocycles. The van der Waals surface area contributed by atoms with Gasteiger partial charge in [0.1, 0.15) is 0 Å². The second-order valence-corrected chi connectivity index (χ2v) is 9.76. The fourth-order valence-electron chi connectivity index (χ4n) is 6.45. The summed E-state index contributed by atoms with van der Waals surface area (Å²) >= 11 is 0. The molecule has 0 aromatic rings. The Morgan fingerprint density at radius 2 is 1.50 bits per heavy atom. The summed E-state index contributed by atoms with van der Waals surface area (Å²) in [5.74, 6) is 3.66. The van der Waals surface area contributed by atoms with E-state index in [-0.39, 0.29) is 16.9 Å². The monoisotopic (exact) mass is 301 g/mol. The first kappa shape index (κ1) is 14.8. The lowest BCUT2D eigenvalue weighted by atomic mass is 9.53. The molecule has 1 N–H and O–H groups in total. The van der Waals surface area contributed by atoms with E-state index in [2.05, 4.69) is 39.1 Å². The van der Waals surface area contributed by atoms with Gasteiger partial charge in [0.2, 0.25) is 5.91 Å². The van der Waals surface area contributed by atoms with Crippen LogP contribution in [-0.4, -0.2) is 11.4 Å². The third-order valence-corrected chi connectivity index (χ3v) is 7.13. The van der Waals surface area contributed by atoms with Crippen LogP contribution in [0.2, 0.25) is 0 Å². The molecule has 122 valence electrons. The number of hydrogen-bond donors (Lipinski definition) is 1. The Morgan fingerprint density at radius 3 is 1.95 bits per heavy atom. The first-order valence-corrected chi connectivity index (χ1v) is 9.26. The van der Waals surface area contributed by atoms with E-state index < -0.39 is 0 Å². The van der Waals surface area contributed by atoms with Gasteiger partial charge in [-0.3, -0.25) is 4.79 Å². The van der Waals surface area contributed by atoms with Gasteiger partial charge in [-0.2, -0.15) is 0 Å². The maximum atomic E-state index is 13.0. The number of rotatable bonds is 3. The summed E-state index contributed by atoms with van der Waals surface area (Å²) in [6.07, 6.45) is 10.4. The first-order chi connectivity index (χ1) is 10.3. The van der Waals surface area contributed by atoms with Crippen molar-refractivity contribution in [3.8, 4) is 0 Å². The zero-order valence-electron chi connectivity index (χ0n) is 14.6. The third-order valence-electron chi connectivity index (χ3n) is 7.13. The van der Waals surface area contributed by atoms with Gasteiger partial charge in [-0.15, -0.1) is 0 Å². The van der Waals surface area contributed by atoms with Crippen LogP contribution in [0.5, 0.6) is 0 Å². The summed E-state index contributed by atoms with van der Waals surface area (Å²) in [6, 6.07) is 0. The average Bonchev–Trinajstić information content (AvgIpc) is 2.87. The van der Waals surface area contributed by atoms with Crippen LogP contribution in [0, 0.1) is 35.0 Å². The maximum Gasteiger partial charge on any atom is 0.224 e. The van der Waals surface area contributed by atoms with E-state index in [9.17, 15) is 4.79 Å². The molecule has 5 fully saturated rings. The van der Waals surface area contributed by atoms with E-state index in [1.165, 1.54) is 44.1 Å². The van der Waals surface area contributed by atoms with Crippen molar-refractivity contribution in [2.24, 2.45) is 35.0 Å². The largest absolute Gasteiger partial charge is 0.350 e. The zero-order chi connectivity index (χ0) is 15.7. The topological polar surface area (TPSA) is 29.1 Å². The lowest BCUT2D eigenvalue weighted by molar-refractivity contribution is -0.128. The minimum absolute atomic E-state index is 0.143. The molecule has 5 rings (SSSR count). The van der Waals surface area contributed by atoms with E-state index in [0.717, 1.165) is 17.8 Å². The van der Waals surface area contributed by atoms with Gasteiger partial charge in [0.05, 0.1) is 5.92 Å². The fourth-order valence-corrected chi connectivity index (χ4v) is 6.45. The number of hydrogen-bond acceptors (Lipinski definition) is 1. The minimum Gasteiger partial charge on any atom is -0.350 e. The standard InChI is InChI=1S/C20H31NO/c1-12(2)5-16-17(19(16,3)4)18(22)21-20-9-13-6-14(10-20)8-15(7-13)11-20/h5,13-17H,6-11H2,1-4H3,(H,21,22). The summed E-state index contributed by atoms with van der Waals surface area (Å²) in [6.45, 7) is 8.78. The van der Waals surface area contributed by atoms with Crippen LogP contribution in [0.25, 0.3) is 0 Å². The van der Waals surface area contributed by atoms with Crippen molar-refractivity contribution in [1.82, 2.24) is 5.32 Å². The van der Waals surface area contributed by atoms with Gasteiger partial charge in [-0.1, -0.05) is 25.5 Å². The molecule has 5 saturated carbocycles. The lowest BCUT2D eigenvalue weighted by Crippen LogP contribution is -2.60. The molecule has 4 bridgehead atoms. The van der Waals surface area contributed by atoms with Gasteiger partial charge in [-0.25, -0.2) is 0 Å². The number of nitrogens with one attached hydrogen (secondary N) is 1. The van der Waals surface area contributed by atoms with Gasteiger partial charge in [-0.05, 0) is 81.5 Å². The van der Waals surface area contributed by atoms with E-state index in [0.29, 0.717) is 11.8 Å². The zero-order valence-corrected chi connectivity index (χ0v) is 14.6. The molecular formula is C20H31NO. The second kappa shape index (κ2) is 4.61. The smallest absolute Gasteiger partial charge is 0.224 e. The van der Waals surface area contributed by atoms with Gasteiger partial charge >= 0.3 is 0 Å². The van der Waals surface area contributed by atoms with E-state index in [1.54, 1.807) is 0 Å². The highest BCUT2D eigenvalue weighted by Gasteiger charge is 2.62. The van der Waals surface area contributed by atoms with Crippen LogP contribution < -0.4 is 5.32 Å². The predicted molar refractivity (Wildman–Crippen MR) is 89.2 cm³/mol. The van der Waals surface area contributed by atoms with Crippen molar-refractivity contribution >= 4 is 5.91 Å². The molecular weight excluding hydrogens is 270 g/mol. The molecule has 22 heavy (non-hydrogen) atoms. The van der Waals surface area contributed by atoms with Crippen LogP contribution in [0.1, 0.15) is 66.2 Å². The highest BCUT2D eigenvalue weighted by Crippen LogP contribution is 2.61. The van der Waals surface area contributed by atoms with Crippen molar-refractivity contribution in [2.75, 3.05) is 0 Å². The van der Waals surface area contributed by atoms with Crippen LogP contribution >= 0.6 is 0 Å². The Hall–Kier alpha value is -0.790. The summed E-state index contributed by atoms with van der Waals surface area (Å²) in [5.41, 5.74) is 1.65. The van der Waals surface area contributed by atoms with Crippen LogP contribution in [0.3, 0.4) is 0 Å². The van der Waals surface area contributed by atoms with E-state index in [4.69, 9.17) is 0 Å². The molecule has 0 spiro atoms. The number of allylic oxidation sites excluding steroid dienone is 2. The molecule has 0 aromatic heterocycles. The summed E-state index contributed by atoms with van der Waals surface area (Å²) in [5, 5.41) is 3.58. The molecule has 1 amide bonds. The maximum absolute atomic E-state index is 13.0. The van der Waals surface area contributed by atoms with E-state index >= 15 is 0 Å².